The van der Waals surface area contributed by atoms with E-state index >= 15 is 0 Å². The van der Waals surface area contributed by atoms with Gasteiger partial charge in [0, 0.05) is 14.3 Å². The minimum atomic E-state index is -2.13. The Bertz CT molecular complexity index is 395. The van der Waals surface area contributed by atoms with Crippen LogP contribution in [-0.4, -0.2) is 31.3 Å². The zero-order valence-electron chi connectivity index (χ0n) is 10.8. The lowest BCUT2D eigenvalue weighted by atomic mass is 10.2. The van der Waals surface area contributed by atoms with Crippen LogP contribution in [0.15, 0.2) is 24.5 Å². The summed E-state index contributed by atoms with van der Waals surface area (Å²) in [6.07, 6.45) is -0.951. The fourth-order valence-electron chi connectivity index (χ4n) is 1.50. The smallest absolute Gasteiger partial charge is 0.262 e. The Kier molecular flexibility index (Phi) is 4.95. The van der Waals surface area contributed by atoms with Gasteiger partial charge < -0.3 is 5.32 Å². The van der Waals surface area contributed by atoms with E-state index in [0.717, 1.165) is 0 Å². The largest absolute Gasteiger partial charge is 0.322 e. The second-order valence-electron chi connectivity index (χ2n) is 5.41. The number of rotatable bonds is 5. The lowest BCUT2D eigenvalue weighted by Gasteiger charge is -2.20. The quantitative estimate of drug-likeness (QED) is 0.837. The number of alkyl halides is 2. The Morgan fingerprint density at radius 2 is 2.11 bits per heavy atom. The molecular formula is C12H18F2N2OSi. The molecule has 0 spiro atoms. The van der Waals surface area contributed by atoms with E-state index in [1.54, 1.807) is 12.1 Å². The van der Waals surface area contributed by atoms with Crippen molar-refractivity contribution in [3.8, 4) is 0 Å². The molecule has 2 atom stereocenters. The van der Waals surface area contributed by atoms with Crippen LogP contribution in [0.4, 0.5) is 14.5 Å². The molecule has 6 heteroatoms. The molecule has 0 aliphatic carbocycles. The van der Waals surface area contributed by atoms with Crippen molar-refractivity contribution in [2.45, 2.75) is 38.0 Å². The predicted octanol–water partition coefficient (Wildman–Crippen LogP) is 3.03. The topological polar surface area (TPSA) is 42.0 Å². The van der Waals surface area contributed by atoms with Crippen LogP contribution >= 0.6 is 0 Å². The molecule has 0 radical (unpaired) electrons. The van der Waals surface area contributed by atoms with Crippen molar-refractivity contribution in [3.63, 3.8) is 0 Å². The van der Waals surface area contributed by atoms with Gasteiger partial charge in [-0.05, 0) is 18.2 Å². The lowest BCUT2D eigenvalue weighted by molar-refractivity contribution is -0.122. The van der Waals surface area contributed by atoms with Crippen molar-refractivity contribution in [1.29, 1.82) is 0 Å². The second kappa shape index (κ2) is 6.04. The van der Waals surface area contributed by atoms with Gasteiger partial charge >= 0.3 is 0 Å². The van der Waals surface area contributed by atoms with Crippen LogP contribution in [0.25, 0.3) is 0 Å². The Morgan fingerprint density at radius 3 is 2.61 bits per heavy atom. The number of amides is 1. The molecule has 18 heavy (non-hydrogen) atoms. The third-order valence-corrected chi connectivity index (χ3v) is 3.92. The maximum absolute atomic E-state index is 13.6. The molecule has 1 heterocycles. The van der Waals surface area contributed by atoms with E-state index in [2.05, 4.69) is 10.3 Å². The number of nitrogens with zero attached hydrogens (tertiary/aromatic N) is 1. The van der Waals surface area contributed by atoms with E-state index in [-0.39, 0.29) is 6.04 Å². The summed E-state index contributed by atoms with van der Waals surface area (Å²) in [5.74, 6) is -0.950. The summed E-state index contributed by atoms with van der Waals surface area (Å²) >= 11 is 0. The Hall–Kier alpha value is -1.30. The molecule has 1 amide bonds. The maximum atomic E-state index is 13.6. The first kappa shape index (κ1) is 14.8. The highest BCUT2D eigenvalue weighted by molar-refractivity contribution is 6.76. The molecule has 0 bridgehead atoms. The monoisotopic (exact) mass is 272 g/mol. The van der Waals surface area contributed by atoms with Crippen LogP contribution in [-0.2, 0) is 4.79 Å². The Morgan fingerprint density at radius 1 is 1.44 bits per heavy atom. The highest BCUT2D eigenvalue weighted by Crippen LogP contribution is 2.19. The van der Waals surface area contributed by atoms with Gasteiger partial charge in [-0.15, -0.1) is 0 Å². The molecule has 1 aromatic heterocycles. The average molecular weight is 272 g/mol. The molecular weight excluding hydrogens is 254 g/mol. The lowest BCUT2D eigenvalue weighted by Crippen LogP contribution is -2.37. The summed E-state index contributed by atoms with van der Waals surface area (Å²) in [7, 11) is -1.73. The number of hydrogen-bond acceptors (Lipinski definition) is 2. The first-order valence-electron chi connectivity index (χ1n) is 5.78. The van der Waals surface area contributed by atoms with Gasteiger partial charge in [0.2, 0.25) is 6.17 Å². The van der Waals surface area contributed by atoms with Crippen molar-refractivity contribution in [2.75, 3.05) is 5.32 Å². The van der Waals surface area contributed by atoms with Crippen molar-refractivity contribution in [2.24, 2.45) is 0 Å². The Labute approximate surface area is 107 Å². The van der Waals surface area contributed by atoms with Crippen molar-refractivity contribution >= 4 is 19.7 Å². The predicted molar refractivity (Wildman–Crippen MR) is 70.8 cm³/mol. The first-order valence-corrected chi connectivity index (χ1v) is 9.49. The zero-order valence-corrected chi connectivity index (χ0v) is 11.8. The van der Waals surface area contributed by atoms with Gasteiger partial charge in [0.25, 0.3) is 5.91 Å². The number of nitrogens with one attached hydrogen (secondary N) is 1. The molecule has 0 saturated carbocycles. The minimum Gasteiger partial charge on any atom is -0.322 e. The molecule has 1 aromatic rings. The Balaban J connectivity index is 2.56. The number of anilines is 1. The molecule has 100 valence electrons. The first-order chi connectivity index (χ1) is 8.29. The number of aromatic nitrogens is 1. The normalized spacial score (nSPS) is 14.9. The molecule has 0 fully saturated rings. The summed E-state index contributed by atoms with van der Waals surface area (Å²) in [5, 5.41) is 2.31. The summed E-state index contributed by atoms with van der Waals surface area (Å²) in [4.78, 5) is 15.3. The standard InChI is InChI=1S/C12H18F2N2OSi/c1-18(2,3)8-10(13)11(14)12(17)16-9-5-4-6-15-7-9/h4-7,10-11H,8H2,1-3H3,(H,16,17). The van der Waals surface area contributed by atoms with Crippen molar-refractivity contribution in [3.05, 3.63) is 24.5 Å². The number of halogens is 2. The van der Waals surface area contributed by atoms with E-state index in [9.17, 15) is 13.6 Å². The fourth-order valence-corrected chi connectivity index (χ4v) is 2.88. The third kappa shape index (κ3) is 4.91. The molecule has 2 unspecified atom stereocenters. The second-order valence-corrected chi connectivity index (χ2v) is 10.9. The van der Waals surface area contributed by atoms with E-state index in [1.807, 2.05) is 19.6 Å². The van der Waals surface area contributed by atoms with Crippen molar-refractivity contribution < 1.29 is 13.6 Å². The summed E-state index contributed by atoms with van der Waals surface area (Å²) in [6.45, 7) is 5.81. The van der Waals surface area contributed by atoms with Gasteiger partial charge in [-0.2, -0.15) is 0 Å². The molecule has 0 saturated heterocycles. The van der Waals surface area contributed by atoms with Gasteiger partial charge in [-0.3, -0.25) is 9.78 Å². The number of carbonyl (C=O) groups is 1. The van der Waals surface area contributed by atoms with Crippen LogP contribution < -0.4 is 5.32 Å². The number of carbonyl (C=O) groups excluding carboxylic acids is 1. The van der Waals surface area contributed by atoms with E-state index < -0.39 is 26.3 Å². The average Bonchev–Trinajstić information content (AvgIpc) is 2.27. The SMILES string of the molecule is C[Si](C)(C)CC(F)C(F)C(=O)Nc1cccnc1. The highest BCUT2D eigenvalue weighted by atomic mass is 28.3. The summed E-state index contributed by atoms with van der Waals surface area (Å²) in [5.41, 5.74) is 0.366. The molecule has 1 rings (SSSR count). The van der Waals surface area contributed by atoms with Gasteiger partial charge in [0.05, 0.1) is 11.9 Å². The highest BCUT2D eigenvalue weighted by Gasteiger charge is 2.32. The van der Waals surface area contributed by atoms with Gasteiger partial charge in [0.1, 0.15) is 6.17 Å². The van der Waals surface area contributed by atoms with E-state index in [4.69, 9.17) is 0 Å². The van der Waals surface area contributed by atoms with Crippen LogP contribution in [0.1, 0.15) is 0 Å². The van der Waals surface area contributed by atoms with Crippen LogP contribution in [0.3, 0.4) is 0 Å². The van der Waals surface area contributed by atoms with Crippen LogP contribution in [0.2, 0.25) is 25.7 Å². The molecule has 1 N–H and O–H groups in total. The van der Waals surface area contributed by atoms with Gasteiger partial charge in [-0.25, -0.2) is 8.78 Å². The molecule has 3 nitrogen and oxygen atoms in total. The van der Waals surface area contributed by atoms with Crippen LogP contribution in [0.5, 0.6) is 0 Å². The zero-order chi connectivity index (χ0) is 13.8. The third-order valence-electron chi connectivity index (χ3n) is 2.30. The van der Waals surface area contributed by atoms with E-state index in [1.165, 1.54) is 12.4 Å². The molecule has 0 aliphatic rings. The summed E-state index contributed by atoms with van der Waals surface area (Å²) < 4.78 is 27.2. The number of hydrogen-bond donors (Lipinski definition) is 1. The van der Waals surface area contributed by atoms with Crippen LogP contribution in [0, 0.1) is 0 Å². The molecule has 0 aliphatic heterocycles. The van der Waals surface area contributed by atoms with Crippen molar-refractivity contribution in [1.82, 2.24) is 4.98 Å². The molecule has 0 aromatic carbocycles. The number of pyridine rings is 1. The van der Waals surface area contributed by atoms with Gasteiger partial charge in [0.15, 0.2) is 0 Å². The fraction of sp³-hybridized carbons (Fsp3) is 0.500. The van der Waals surface area contributed by atoms with E-state index in [0.29, 0.717) is 5.69 Å². The minimum absolute atomic E-state index is 0.134. The van der Waals surface area contributed by atoms with Gasteiger partial charge in [-0.1, -0.05) is 19.6 Å². The summed E-state index contributed by atoms with van der Waals surface area (Å²) in [6, 6.07) is 3.32. The maximum Gasteiger partial charge on any atom is 0.262 e.